The highest BCUT2D eigenvalue weighted by atomic mass is 19.1. The molecule has 2 aromatic rings. The number of nitrogens with two attached hydrogens (primary N) is 1. The number of hydrogen-bond acceptors (Lipinski definition) is 3. The largest absolute Gasteiger partial charge is 0.351 e. The summed E-state index contributed by atoms with van der Waals surface area (Å²) in [5.41, 5.74) is 9.38. The van der Waals surface area contributed by atoms with Gasteiger partial charge in [-0.1, -0.05) is 36.4 Å². The first kappa shape index (κ1) is 22.6. The second-order valence-electron chi connectivity index (χ2n) is 7.53. The van der Waals surface area contributed by atoms with Crippen LogP contribution in [0, 0.1) is 5.82 Å². The van der Waals surface area contributed by atoms with E-state index in [1.165, 1.54) is 17.0 Å². The van der Waals surface area contributed by atoms with Crippen LogP contribution in [0.4, 0.5) is 4.39 Å². The number of carbonyl (C=O) groups excluding carboxylic acids is 2. The van der Waals surface area contributed by atoms with Gasteiger partial charge in [-0.25, -0.2) is 4.39 Å². The van der Waals surface area contributed by atoms with Gasteiger partial charge in [-0.05, 0) is 54.5 Å². The van der Waals surface area contributed by atoms with Crippen LogP contribution in [0.25, 0.3) is 0 Å². The lowest BCUT2D eigenvalue weighted by Crippen LogP contribution is -2.43. The maximum atomic E-state index is 12.9. The van der Waals surface area contributed by atoms with Crippen LogP contribution >= 0.6 is 0 Å². The van der Waals surface area contributed by atoms with Gasteiger partial charge in [0, 0.05) is 27.2 Å². The molecule has 29 heavy (non-hydrogen) atoms. The number of benzene rings is 2. The molecule has 0 unspecified atom stereocenters. The van der Waals surface area contributed by atoms with Gasteiger partial charge in [0.25, 0.3) is 0 Å². The third-order valence-corrected chi connectivity index (χ3v) is 4.75. The fourth-order valence-corrected chi connectivity index (χ4v) is 3.14. The summed E-state index contributed by atoms with van der Waals surface area (Å²) in [6.45, 7) is 1.67. The van der Waals surface area contributed by atoms with Crippen LogP contribution in [-0.4, -0.2) is 55.3 Å². The van der Waals surface area contributed by atoms with Crippen molar-refractivity contribution in [1.82, 2.24) is 9.80 Å². The third kappa shape index (κ3) is 7.66. The van der Waals surface area contributed by atoms with E-state index in [0.29, 0.717) is 6.42 Å². The van der Waals surface area contributed by atoms with Crippen LogP contribution in [0.5, 0.6) is 0 Å². The van der Waals surface area contributed by atoms with Crippen LogP contribution in [-0.2, 0) is 22.4 Å². The van der Waals surface area contributed by atoms with Crippen LogP contribution in [0.15, 0.2) is 48.5 Å². The van der Waals surface area contributed by atoms with E-state index in [1.54, 1.807) is 26.2 Å². The molecule has 1 atom stereocenters. The zero-order valence-electron chi connectivity index (χ0n) is 17.2. The lowest BCUT2D eigenvalue weighted by atomic mass is 10.0. The summed E-state index contributed by atoms with van der Waals surface area (Å²) in [4.78, 5) is 25.0. The van der Waals surface area contributed by atoms with Gasteiger partial charge in [-0.15, -0.1) is 0 Å². The van der Waals surface area contributed by atoms with Crippen LogP contribution in [0.3, 0.4) is 0 Å². The van der Waals surface area contributed by atoms with Crippen molar-refractivity contribution in [1.29, 1.82) is 0 Å². The monoisotopic (exact) mass is 399 g/mol. The average Bonchev–Trinajstić information content (AvgIpc) is 3.26. The Labute approximate surface area is 172 Å². The Morgan fingerprint density at radius 3 is 1.97 bits per heavy atom. The van der Waals surface area contributed by atoms with E-state index in [1.807, 2.05) is 29.2 Å². The summed E-state index contributed by atoms with van der Waals surface area (Å²) in [7, 11) is 3.38. The molecule has 2 aromatic carbocycles. The molecule has 0 bridgehead atoms. The van der Waals surface area contributed by atoms with Crippen molar-refractivity contribution in [3.8, 4) is 0 Å². The molecule has 0 radical (unpaired) electrons. The Bertz CT molecular complexity index is 770. The van der Waals surface area contributed by atoms with Crippen LogP contribution in [0.1, 0.15) is 29.5 Å². The predicted octanol–water partition coefficient (Wildman–Crippen LogP) is 2.61. The SMILES string of the molecule is CN(C)C=O.N[C@@H](Cc1ccc(Cc2ccc(F)cc2)cc1)C(=O)N1CCCC1. The third-order valence-electron chi connectivity index (χ3n) is 4.75. The van der Waals surface area contributed by atoms with Gasteiger partial charge in [0.2, 0.25) is 12.3 Å². The Morgan fingerprint density at radius 2 is 1.48 bits per heavy atom. The highest BCUT2D eigenvalue weighted by Crippen LogP contribution is 2.14. The minimum absolute atomic E-state index is 0.0582. The molecule has 1 aliphatic heterocycles. The van der Waals surface area contributed by atoms with E-state index in [4.69, 9.17) is 5.73 Å². The van der Waals surface area contributed by atoms with E-state index in [-0.39, 0.29) is 11.7 Å². The molecule has 1 fully saturated rings. The Morgan fingerprint density at radius 1 is 1.03 bits per heavy atom. The number of hydrogen-bond donors (Lipinski definition) is 1. The van der Waals surface area contributed by atoms with Crippen molar-refractivity contribution in [2.24, 2.45) is 5.73 Å². The Kier molecular flexibility index (Phi) is 8.80. The normalized spacial score (nSPS) is 14.0. The number of nitrogens with zero attached hydrogens (tertiary/aromatic N) is 2. The number of amides is 2. The van der Waals surface area contributed by atoms with E-state index < -0.39 is 6.04 Å². The summed E-state index contributed by atoms with van der Waals surface area (Å²) in [6, 6.07) is 14.2. The van der Waals surface area contributed by atoms with Gasteiger partial charge in [-0.3, -0.25) is 9.59 Å². The molecule has 2 N–H and O–H groups in total. The second-order valence-corrected chi connectivity index (χ2v) is 7.53. The highest BCUT2D eigenvalue weighted by molar-refractivity contribution is 5.82. The summed E-state index contributed by atoms with van der Waals surface area (Å²) in [5.74, 6) is -0.159. The topological polar surface area (TPSA) is 66.6 Å². The zero-order valence-corrected chi connectivity index (χ0v) is 17.2. The van der Waals surface area contributed by atoms with Gasteiger partial charge in [0.15, 0.2) is 0 Å². The first-order valence-corrected chi connectivity index (χ1v) is 9.87. The molecular formula is C23H30FN3O2. The van der Waals surface area contributed by atoms with Crippen molar-refractivity contribution in [2.75, 3.05) is 27.2 Å². The molecule has 0 aromatic heterocycles. The van der Waals surface area contributed by atoms with Crippen LogP contribution in [0.2, 0.25) is 0 Å². The van der Waals surface area contributed by atoms with Crippen molar-refractivity contribution in [3.05, 3.63) is 71.0 Å². The number of carbonyl (C=O) groups is 2. The smallest absolute Gasteiger partial charge is 0.239 e. The van der Waals surface area contributed by atoms with Gasteiger partial charge < -0.3 is 15.5 Å². The van der Waals surface area contributed by atoms with E-state index in [9.17, 15) is 14.0 Å². The molecule has 1 heterocycles. The maximum Gasteiger partial charge on any atom is 0.239 e. The fraction of sp³-hybridized carbons (Fsp3) is 0.391. The maximum absolute atomic E-state index is 12.9. The molecule has 3 rings (SSSR count). The summed E-state index contributed by atoms with van der Waals surface area (Å²) in [5, 5.41) is 0. The number of halogens is 1. The fourth-order valence-electron chi connectivity index (χ4n) is 3.14. The van der Waals surface area contributed by atoms with Crippen molar-refractivity contribution in [2.45, 2.75) is 31.7 Å². The van der Waals surface area contributed by atoms with Crippen LogP contribution < -0.4 is 5.73 Å². The quantitative estimate of drug-likeness (QED) is 0.760. The van der Waals surface area contributed by atoms with E-state index in [0.717, 1.165) is 55.5 Å². The molecule has 5 nitrogen and oxygen atoms in total. The summed E-state index contributed by atoms with van der Waals surface area (Å²) in [6.07, 6.45) is 4.23. The Hall–Kier alpha value is -2.73. The van der Waals surface area contributed by atoms with E-state index in [2.05, 4.69) is 0 Å². The first-order valence-electron chi connectivity index (χ1n) is 9.87. The molecule has 0 saturated carbocycles. The summed E-state index contributed by atoms with van der Waals surface area (Å²) < 4.78 is 12.9. The second kappa shape index (κ2) is 11.3. The molecular weight excluding hydrogens is 369 g/mol. The van der Waals surface area contributed by atoms with Crippen molar-refractivity contribution < 1.29 is 14.0 Å². The minimum Gasteiger partial charge on any atom is -0.351 e. The number of likely N-dealkylation sites (tertiary alicyclic amines) is 1. The van der Waals surface area contributed by atoms with Gasteiger partial charge in [-0.2, -0.15) is 0 Å². The molecule has 1 aliphatic rings. The van der Waals surface area contributed by atoms with Gasteiger partial charge >= 0.3 is 0 Å². The first-order chi connectivity index (χ1) is 13.9. The van der Waals surface area contributed by atoms with Crippen molar-refractivity contribution in [3.63, 3.8) is 0 Å². The Balaban J connectivity index is 0.000000537. The number of rotatable bonds is 6. The van der Waals surface area contributed by atoms with Crippen molar-refractivity contribution >= 4 is 12.3 Å². The average molecular weight is 400 g/mol. The lowest BCUT2D eigenvalue weighted by Gasteiger charge is -2.20. The predicted molar refractivity (Wildman–Crippen MR) is 113 cm³/mol. The molecule has 0 aliphatic carbocycles. The lowest BCUT2D eigenvalue weighted by molar-refractivity contribution is -0.131. The van der Waals surface area contributed by atoms with Gasteiger partial charge in [0.05, 0.1) is 6.04 Å². The minimum atomic E-state index is -0.467. The van der Waals surface area contributed by atoms with Gasteiger partial charge in [0.1, 0.15) is 5.82 Å². The standard InChI is InChI=1S/C20H23FN2O.C3H7NO/c21-18-9-7-16(8-10-18)13-15-3-5-17(6-4-15)14-19(22)20(24)23-11-1-2-12-23;1-4(2)3-5/h3-10,19H,1-2,11-14,22H2;3H,1-2H3/t19-;/m0./s1. The highest BCUT2D eigenvalue weighted by Gasteiger charge is 2.23. The summed E-state index contributed by atoms with van der Waals surface area (Å²) >= 11 is 0. The zero-order chi connectivity index (χ0) is 21.2. The van der Waals surface area contributed by atoms with E-state index >= 15 is 0 Å². The molecule has 2 amide bonds. The molecule has 0 spiro atoms. The molecule has 6 heteroatoms. The molecule has 156 valence electrons. The molecule has 1 saturated heterocycles.